The Morgan fingerprint density at radius 1 is 0.882 bits per heavy atom. The molecule has 0 aromatic heterocycles. The number of hydrogen-bond donors (Lipinski definition) is 0. The summed E-state index contributed by atoms with van der Waals surface area (Å²) in [7, 11) is -0.812. The molecule has 0 spiro atoms. The fourth-order valence-electron chi connectivity index (χ4n) is 3.33. The Hall–Kier alpha value is 0.394. The van der Waals surface area contributed by atoms with Crippen LogP contribution in [-0.2, 0) is 4.74 Å². The van der Waals surface area contributed by atoms with Gasteiger partial charge in [0, 0.05) is 15.2 Å². The van der Waals surface area contributed by atoms with Gasteiger partial charge in [-0.15, -0.1) is 0 Å². The highest BCUT2D eigenvalue weighted by Crippen LogP contribution is 2.54. The van der Waals surface area contributed by atoms with Gasteiger partial charge in [-0.2, -0.15) is 0 Å². The number of rotatable bonds is 6. The molecule has 0 saturated carbocycles. The molecule has 0 aliphatic rings. The summed E-state index contributed by atoms with van der Waals surface area (Å²) in [6.07, 6.45) is 2.42. The third-order valence-corrected chi connectivity index (χ3v) is 20.3. The van der Waals surface area contributed by atoms with Crippen LogP contribution in [0.1, 0.15) is 40.5 Å². The van der Waals surface area contributed by atoms with Crippen molar-refractivity contribution in [1.29, 1.82) is 0 Å². The third kappa shape index (κ3) is 2.56. The maximum Gasteiger partial charge on any atom is 0.0883 e. The molecule has 0 saturated heterocycles. The van der Waals surface area contributed by atoms with E-state index in [1.54, 1.807) is 0 Å². The number of ether oxygens (including phenoxy) is 1. The Kier molecular flexibility index (Phi) is 5.30. The third-order valence-electron chi connectivity index (χ3n) is 6.19. The van der Waals surface area contributed by atoms with Gasteiger partial charge in [-0.1, -0.05) is 59.9 Å². The van der Waals surface area contributed by atoms with Gasteiger partial charge in [0.25, 0.3) is 0 Å². The summed E-state index contributed by atoms with van der Waals surface area (Å²) in [4.78, 5) is 0. The van der Waals surface area contributed by atoms with Gasteiger partial charge in [0.1, 0.15) is 0 Å². The highest BCUT2D eigenvalue weighted by molar-refractivity contribution is 7.00. The van der Waals surface area contributed by atoms with E-state index in [0.29, 0.717) is 4.66 Å². The molecular weight excluding hydrogens is 240 g/mol. The van der Waals surface area contributed by atoms with Gasteiger partial charge < -0.3 is 4.74 Å². The fraction of sp³-hybridized carbons (Fsp3) is 1.00. The van der Waals surface area contributed by atoms with Crippen molar-refractivity contribution in [3.05, 3.63) is 0 Å². The average Bonchev–Trinajstić information content (AvgIpc) is 2.24. The topological polar surface area (TPSA) is 9.23 Å². The maximum absolute atomic E-state index is 5.98. The van der Waals surface area contributed by atoms with Crippen LogP contribution >= 0.6 is 0 Å². The molecule has 2 atom stereocenters. The van der Waals surface area contributed by atoms with Gasteiger partial charge in [0.05, 0.1) is 13.3 Å². The van der Waals surface area contributed by atoms with Crippen LogP contribution < -0.4 is 0 Å². The summed E-state index contributed by atoms with van der Waals surface area (Å²) in [5, 5.41) is 0.0953. The zero-order chi connectivity index (χ0) is 14.1. The first kappa shape index (κ1) is 17.4. The van der Waals surface area contributed by atoms with Gasteiger partial charge in [-0.3, -0.25) is 0 Å². The van der Waals surface area contributed by atoms with E-state index < -0.39 is 16.1 Å². The van der Waals surface area contributed by atoms with Crippen molar-refractivity contribution < 1.29 is 4.74 Å². The van der Waals surface area contributed by atoms with Gasteiger partial charge in [0.2, 0.25) is 0 Å². The molecule has 0 bridgehead atoms. The molecule has 17 heavy (non-hydrogen) atoms. The molecule has 3 heteroatoms. The van der Waals surface area contributed by atoms with E-state index in [4.69, 9.17) is 4.74 Å². The number of hydrogen-bond acceptors (Lipinski definition) is 1. The molecule has 2 unspecified atom stereocenters. The SMILES string of the molecule is CCC(C)(OC)[Si](C)(C)C(C)(CC)[Si](C)(C)C. The lowest BCUT2D eigenvalue weighted by Crippen LogP contribution is -2.66. The molecular formula is C14H34OSi2. The zero-order valence-electron chi connectivity index (χ0n) is 13.8. The van der Waals surface area contributed by atoms with Crippen molar-refractivity contribution in [2.75, 3.05) is 7.11 Å². The van der Waals surface area contributed by atoms with Crippen LogP contribution in [0.15, 0.2) is 0 Å². The Morgan fingerprint density at radius 3 is 1.47 bits per heavy atom. The van der Waals surface area contributed by atoms with Crippen molar-refractivity contribution in [2.45, 2.75) is 83.2 Å². The zero-order valence-corrected chi connectivity index (χ0v) is 15.8. The van der Waals surface area contributed by atoms with Crippen molar-refractivity contribution in [3.63, 3.8) is 0 Å². The summed E-state index contributed by atoms with van der Waals surface area (Å²) < 4.78 is 6.49. The lowest BCUT2D eigenvalue weighted by atomic mass is 10.3. The second-order valence-corrected chi connectivity index (χ2v) is 18.9. The van der Waals surface area contributed by atoms with Crippen molar-refractivity contribution in [2.24, 2.45) is 0 Å². The monoisotopic (exact) mass is 274 g/mol. The Morgan fingerprint density at radius 2 is 1.29 bits per heavy atom. The lowest BCUT2D eigenvalue weighted by molar-refractivity contribution is 0.0623. The maximum atomic E-state index is 5.98. The lowest BCUT2D eigenvalue weighted by Gasteiger charge is -2.57. The van der Waals surface area contributed by atoms with Gasteiger partial charge in [0.15, 0.2) is 0 Å². The van der Waals surface area contributed by atoms with Crippen LogP contribution in [0.3, 0.4) is 0 Å². The number of methoxy groups -OCH3 is 1. The molecule has 0 aromatic carbocycles. The molecule has 0 aliphatic carbocycles. The molecule has 0 fully saturated rings. The Balaban J connectivity index is 5.70. The van der Waals surface area contributed by atoms with Crippen molar-refractivity contribution >= 4 is 16.1 Å². The minimum Gasteiger partial charge on any atom is -0.382 e. The van der Waals surface area contributed by atoms with Gasteiger partial charge in [-0.25, -0.2) is 0 Å². The smallest absolute Gasteiger partial charge is 0.0883 e. The molecule has 1 nitrogen and oxygen atoms in total. The van der Waals surface area contributed by atoms with E-state index in [1.165, 1.54) is 6.42 Å². The molecule has 0 aliphatic heterocycles. The van der Waals surface area contributed by atoms with E-state index in [-0.39, 0.29) is 5.22 Å². The highest BCUT2D eigenvalue weighted by Gasteiger charge is 2.58. The molecule has 104 valence electrons. The second kappa shape index (κ2) is 5.18. The summed E-state index contributed by atoms with van der Waals surface area (Å²) in [6, 6.07) is 0. The van der Waals surface area contributed by atoms with Crippen molar-refractivity contribution in [3.8, 4) is 0 Å². The minimum atomic E-state index is -1.51. The summed E-state index contributed by atoms with van der Waals surface area (Å²) >= 11 is 0. The predicted molar refractivity (Wildman–Crippen MR) is 85.2 cm³/mol. The van der Waals surface area contributed by atoms with Crippen LogP contribution in [-0.4, -0.2) is 28.5 Å². The van der Waals surface area contributed by atoms with E-state index in [2.05, 4.69) is 60.4 Å². The van der Waals surface area contributed by atoms with Gasteiger partial charge >= 0.3 is 0 Å². The molecule has 0 rings (SSSR count). The molecule has 0 aromatic rings. The minimum absolute atomic E-state index is 0.0953. The van der Waals surface area contributed by atoms with E-state index in [0.717, 1.165) is 6.42 Å². The van der Waals surface area contributed by atoms with Crippen LogP contribution in [0.2, 0.25) is 37.4 Å². The van der Waals surface area contributed by atoms with Crippen LogP contribution in [0, 0.1) is 0 Å². The summed E-state index contributed by atoms with van der Waals surface area (Å²) in [5.74, 6) is 0. The average molecular weight is 275 g/mol. The van der Waals surface area contributed by atoms with Crippen LogP contribution in [0.4, 0.5) is 0 Å². The van der Waals surface area contributed by atoms with Crippen LogP contribution in [0.25, 0.3) is 0 Å². The first-order chi connectivity index (χ1) is 7.43. The molecule has 0 N–H and O–H groups in total. The normalized spacial score (nSPS) is 20.8. The quantitative estimate of drug-likeness (QED) is 0.613. The Labute approximate surface area is 111 Å². The van der Waals surface area contributed by atoms with E-state index in [9.17, 15) is 0 Å². The van der Waals surface area contributed by atoms with E-state index >= 15 is 0 Å². The molecule has 0 heterocycles. The Bertz CT molecular complexity index is 251. The van der Waals surface area contributed by atoms with E-state index in [1.807, 2.05) is 7.11 Å². The standard InChI is InChI=1S/C14H34OSi2/c1-11-13(3,15-5)17(9,10)14(4,12-2)16(6,7)8/h11-12H2,1-10H3. The first-order valence-corrected chi connectivity index (χ1v) is 13.5. The highest BCUT2D eigenvalue weighted by atomic mass is 28.4. The van der Waals surface area contributed by atoms with Gasteiger partial charge in [-0.05, 0) is 18.0 Å². The largest absolute Gasteiger partial charge is 0.382 e. The predicted octanol–water partition coefficient (Wildman–Crippen LogP) is 5.10. The first-order valence-electron chi connectivity index (χ1n) is 6.98. The van der Waals surface area contributed by atoms with Crippen molar-refractivity contribution in [1.82, 2.24) is 0 Å². The fourth-order valence-corrected chi connectivity index (χ4v) is 16.1. The second-order valence-electron chi connectivity index (χ2n) is 7.35. The molecule has 0 amide bonds. The summed E-state index contributed by atoms with van der Waals surface area (Å²) in [5.41, 5.74) is 0. The van der Waals surface area contributed by atoms with Crippen LogP contribution in [0.5, 0.6) is 0 Å². The molecule has 0 radical (unpaired) electrons. The summed E-state index contributed by atoms with van der Waals surface area (Å²) in [6.45, 7) is 22.2.